The molecule has 0 radical (unpaired) electrons. The molecule has 0 aliphatic heterocycles. The fraction of sp³-hybridized carbons (Fsp3) is 0.174. The van der Waals surface area contributed by atoms with Crippen LogP contribution >= 0.6 is 11.3 Å². The third-order valence-corrected chi connectivity index (χ3v) is 5.97. The van der Waals surface area contributed by atoms with Crippen LogP contribution in [0.3, 0.4) is 0 Å². The topological polar surface area (TPSA) is 42.1 Å². The Bertz CT molecular complexity index is 1060. The van der Waals surface area contributed by atoms with Crippen LogP contribution in [0.1, 0.15) is 38.8 Å². The summed E-state index contributed by atoms with van der Waals surface area (Å²) in [6.45, 7) is 2.09. The smallest absolute Gasteiger partial charge is 0.163 e. The predicted octanol–water partition coefficient (Wildman–Crippen LogP) is 5.95. The molecule has 0 aliphatic rings. The molecule has 4 aromatic rings. The average molecular weight is 375 g/mol. The molecule has 3 nitrogen and oxygen atoms in total. The van der Waals surface area contributed by atoms with Crippen molar-refractivity contribution in [1.82, 2.24) is 4.98 Å². The number of aromatic amines is 1. The Kier molecular flexibility index (Phi) is 4.82. The van der Waals surface area contributed by atoms with Crippen molar-refractivity contribution >= 4 is 28.0 Å². The monoisotopic (exact) mass is 375 g/mol. The van der Waals surface area contributed by atoms with Gasteiger partial charge in [0.15, 0.2) is 5.78 Å². The molecule has 0 saturated heterocycles. The zero-order valence-electron chi connectivity index (χ0n) is 15.4. The number of hydrogen-bond acceptors (Lipinski definition) is 3. The summed E-state index contributed by atoms with van der Waals surface area (Å²) in [4.78, 5) is 17.7. The van der Waals surface area contributed by atoms with Crippen LogP contribution < -0.4 is 4.74 Å². The Morgan fingerprint density at radius 1 is 1.07 bits per heavy atom. The Hall–Kier alpha value is -2.85. The van der Waals surface area contributed by atoms with Crippen molar-refractivity contribution in [3.63, 3.8) is 0 Å². The van der Waals surface area contributed by atoms with E-state index in [1.165, 1.54) is 15.8 Å². The van der Waals surface area contributed by atoms with Crippen LogP contribution in [0.4, 0.5) is 0 Å². The Morgan fingerprint density at radius 3 is 2.56 bits per heavy atom. The molecule has 0 amide bonds. The molecular formula is C23H21NO2S. The number of carbonyl (C=O) groups excluding carboxylic acids is 1. The number of thiophene rings is 1. The normalized spacial score (nSPS) is 12.2. The van der Waals surface area contributed by atoms with E-state index in [-0.39, 0.29) is 11.7 Å². The first kappa shape index (κ1) is 17.6. The van der Waals surface area contributed by atoms with Crippen molar-refractivity contribution in [3.8, 4) is 5.75 Å². The van der Waals surface area contributed by atoms with Gasteiger partial charge in [0.1, 0.15) is 5.75 Å². The second kappa shape index (κ2) is 7.41. The van der Waals surface area contributed by atoms with Crippen LogP contribution in [0.15, 0.2) is 66.0 Å². The minimum atomic E-state index is 0.0377. The molecular weight excluding hydrogens is 354 g/mol. The van der Waals surface area contributed by atoms with Crippen LogP contribution in [-0.4, -0.2) is 17.9 Å². The standard InChI is InChI=1S/C23H21NO2S/c1-15-23(18-6-3-4-7-20(18)24-15)19(22-8-5-13-27-22)14-21(25)16-9-11-17(26-2)12-10-16/h3-13,19,24H,14H2,1-2H3. The number of rotatable bonds is 6. The molecule has 2 aromatic heterocycles. The van der Waals surface area contributed by atoms with Gasteiger partial charge in [0.25, 0.3) is 0 Å². The summed E-state index contributed by atoms with van der Waals surface area (Å²) in [7, 11) is 1.63. The van der Waals surface area contributed by atoms with E-state index < -0.39 is 0 Å². The zero-order valence-corrected chi connectivity index (χ0v) is 16.2. The van der Waals surface area contributed by atoms with Crippen molar-refractivity contribution in [3.05, 3.63) is 87.7 Å². The van der Waals surface area contributed by atoms with E-state index in [4.69, 9.17) is 4.74 Å². The summed E-state index contributed by atoms with van der Waals surface area (Å²) in [6, 6.07) is 19.8. The van der Waals surface area contributed by atoms with Gasteiger partial charge in [0.05, 0.1) is 7.11 Å². The zero-order chi connectivity index (χ0) is 18.8. The molecule has 1 unspecified atom stereocenters. The van der Waals surface area contributed by atoms with E-state index in [1.807, 2.05) is 30.3 Å². The van der Waals surface area contributed by atoms with Crippen LogP contribution in [0, 0.1) is 6.92 Å². The lowest BCUT2D eigenvalue weighted by atomic mass is 9.88. The predicted molar refractivity (Wildman–Crippen MR) is 111 cm³/mol. The third kappa shape index (κ3) is 3.40. The highest BCUT2D eigenvalue weighted by Crippen LogP contribution is 2.38. The maximum absolute atomic E-state index is 13.0. The number of aryl methyl sites for hydroxylation is 1. The minimum absolute atomic E-state index is 0.0377. The van der Waals surface area contributed by atoms with Crippen LogP contribution in [0.25, 0.3) is 10.9 Å². The summed E-state index contributed by atoms with van der Waals surface area (Å²) >= 11 is 1.70. The number of fused-ring (bicyclic) bond motifs is 1. The molecule has 1 N–H and O–H groups in total. The molecule has 27 heavy (non-hydrogen) atoms. The van der Waals surface area contributed by atoms with Gasteiger partial charge in [-0.25, -0.2) is 0 Å². The van der Waals surface area contributed by atoms with Gasteiger partial charge in [-0.2, -0.15) is 0 Å². The molecule has 2 aromatic carbocycles. The quantitative estimate of drug-likeness (QED) is 0.423. The van der Waals surface area contributed by atoms with E-state index >= 15 is 0 Å². The molecule has 0 aliphatic carbocycles. The number of carbonyl (C=O) groups is 1. The van der Waals surface area contributed by atoms with Crippen LogP contribution in [0.2, 0.25) is 0 Å². The number of Topliss-reactive ketones (excluding diaryl/α,β-unsaturated/α-hetero) is 1. The molecule has 0 bridgehead atoms. The molecule has 1 atom stereocenters. The average Bonchev–Trinajstić information content (AvgIpc) is 3.33. The number of nitrogens with one attached hydrogen (secondary N) is 1. The molecule has 0 fully saturated rings. The van der Waals surface area contributed by atoms with Gasteiger partial charge in [0, 0.05) is 39.4 Å². The van der Waals surface area contributed by atoms with Gasteiger partial charge in [-0.05, 0) is 54.3 Å². The van der Waals surface area contributed by atoms with Crippen LogP contribution in [-0.2, 0) is 0 Å². The lowest BCUT2D eigenvalue weighted by Crippen LogP contribution is -2.09. The van der Waals surface area contributed by atoms with Gasteiger partial charge in [-0.1, -0.05) is 24.3 Å². The van der Waals surface area contributed by atoms with Gasteiger partial charge in [0.2, 0.25) is 0 Å². The second-order valence-corrected chi connectivity index (χ2v) is 7.61. The molecule has 0 spiro atoms. The van der Waals surface area contributed by atoms with Crippen molar-refractivity contribution in [2.75, 3.05) is 7.11 Å². The first-order chi connectivity index (χ1) is 13.2. The summed E-state index contributed by atoms with van der Waals surface area (Å²) in [5, 5.41) is 3.26. The number of para-hydroxylation sites is 1. The maximum atomic E-state index is 13.0. The number of ketones is 1. The van der Waals surface area contributed by atoms with Gasteiger partial charge >= 0.3 is 0 Å². The molecule has 4 rings (SSSR count). The fourth-order valence-corrected chi connectivity index (χ4v) is 4.50. The minimum Gasteiger partial charge on any atom is -0.497 e. The summed E-state index contributed by atoms with van der Waals surface area (Å²) in [6.07, 6.45) is 0.440. The third-order valence-electron chi connectivity index (χ3n) is 4.98. The largest absolute Gasteiger partial charge is 0.497 e. The second-order valence-electron chi connectivity index (χ2n) is 6.63. The summed E-state index contributed by atoms with van der Waals surface area (Å²) in [5.74, 6) is 0.935. The number of H-pyrrole nitrogens is 1. The maximum Gasteiger partial charge on any atom is 0.163 e. The highest BCUT2D eigenvalue weighted by Gasteiger charge is 2.25. The van der Waals surface area contributed by atoms with E-state index in [9.17, 15) is 4.79 Å². The summed E-state index contributed by atoms with van der Waals surface area (Å²) in [5.41, 5.74) is 4.17. The SMILES string of the molecule is COc1ccc(C(=O)CC(c2cccs2)c2c(C)[nH]c3ccccc23)cc1. The highest BCUT2D eigenvalue weighted by atomic mass is 32.1. The fourth-order valence-electron chi connectivity index (χ4n) is 3.66. The van der Waals surface area contributed by atoms with E-state index in [0.29, 0.717) is 6.42 Å². The van der Waals surface area contributed by atoms with Gasteiger partial charge in [-0.15, -0.1) is 11.3 Å². The Balaban J connectivity index is 1.74. The number of hydrogen-bond donors (Lipinski definition) is 1. The molecule has 4 heteroatoms. The van der Waals surface area contributed by atoms with Crippen molar-refractivity contribution < 1.29 is 9.53 Å². The van der Waals surface area contributed by atoms with Crippen molar-refractivity contribution in [1.29, 1.82) is 0 Å². The molecule has 136 valence electrons. The Labute approximate surface area is 162 Å². The molecule has 0 saturated carbocycles. The number of benzene rings is 2. The van der Waals surface area contributed by atoms with E-state index in [0.717, 1.165) is 22.5 Å². The van der Waals surface area contributed by atoms with Gasteiger partial charge < -0.3 is 9.72 Å². The first-order valence-corrected chi connectivity index (χ1v) is 9.83. The van der Waals surface area contributed by atoms with Crippen molar-refractivity contribution in [2.45, 2.75) is 19.3 Å². The lowest BCUT2D eigenvalue weighted by Gasteiger charge is -2.16. The van der Waals surface area contributed by atoms with E-state index in [1.54, 1.807) is 18.4 Å². The number of methoxy groups -OCH3 is 1. The van der Waals surface area contributed by atoms with E-state index in [2.05, 4.69) is 47.6 Å². The van der Waals surface area contributed by atoms with Crippen LogP contribution in [0.5, 0.6) is 5.75 Å². The lowest BCUT2D eigenvalue weighted by molar-refractivity contribution is 0.0978. The van der Waals surface area contributed by atoms with Crippen molar-refractivity contribution in [2.24, 2.45) is 0 Å². The Morgan fingerprint density at radius 2 is 1.85 bits per heavy atom. The first-order valence-electron chi connectivity index (χ1n) is 8.95. The number of aromatic nitrogens is 1. The highest BCUT2D eigenvalue weighted by molar-refractivity contribution is 7.10. The molecule has 2 heterocycles. The van der Waals surface area contributed by atoms with Gasteiger partial charge in [-0.3, -0.25) is 4.79 Å². The number of ether oxygens (including phenoxy) is 1. The summed E-state index contributed by atoms with van der Waals surface area (Å²) < 4.78 is 5.20.